The van der Waals surface area contributed by atoms with Crippen LogP contribution < -0.4 is 5.32 Å². The minimum Gasteiger partial charge on any atom is -0.452 e. The van der Waals surface area contributed by atoms with Gasteiger partial charge >= 0.3 is 5.97 Å². The van der Waals surface area contributed by atoms with Crippen molar-refractivity contribution in [2.45, 2.75) is 0 Å². The summed E-state index contributed by atoms with van der Waals surface area (Å²) in [5, 5.41) is 11.3. The highest BCUT2D eigenvalue weighted by Crippen LogP contribution is 2.09. The first-order valence-corrected chi connectivity index (χ1v) is 6.21. The van der Waals surface area contributed by atoms with Crippen molar-refractivity contribution in [3.8, 4) is 6.07 Å². The van der Waals surface area contributed by atoms with Gasteiger partial charge in [-0.3, -0.25) is 4.79 Å². The Balaban J connectivity index is 1.88. The largest absolute Gasteiger partial charge is 0.452 e. The van der Waals surface area contributed by atoms with Crippen LogP contribution in [-0.2, 0) is 9.53 Å². The van der Waals surface area contributed by atoms with Crippen LogP contribution in [0.15, 0.2) is 54.6 Å². The summed E-state index contributed by atoms with van der Waals surface area (Å²) in [6.07, 6.45) is 0. The Bertz CT molecular complexity index is 690. The summed E-state index contributed by atoms with van der Waals surface area (Å²) < 4.78 is 4.90. The summed E-state index contributed by atoms with van der Waals surface area (Å²) in [6.45, 7) is -0.384. The molecule has 21 heavy (non-hydrogen) atoms. The molecule has 2 aromatic carbocycles. The van der Waals surface area contributed by atoms with Gasteiger partial charge in [0.15, 0.2) is 6.61 Å². The molecule has 0 heterocycles. The van der Waals surface area contributed by atoms with Gasteiger partial charge in [-0.05, 0) is 30.3 Å². The van der Waals surface area contributed by atoms with Gasteiger partial charge in [-0.25, -0.2) is 4.79 Å². The number of benzene rings is 2. The molecule has 0 unspecified atom stereocenters. The van der Waals surface area contributed by atoms with Crippen LogP contribution in [0.5, 0.6) is 0 Å². The molecule has 0 aliphatic carbocycles. The average molecular weight is 280 g/mol. The van der Waals surface area contributed by atoms with Crippen LogP contribution in [0.1, 0.15) is 15.9 Å². The summed E-state index contributed by atoms with van der Waals surface area (Å²) in [7, 11) is 0. The standard InChI is InChI=1S/C16H12N2O3/c17-10-12-5-4-8-14(9-12)18-15(19)11-21-16(20)13-6-2-1-3-7-13/h1-9H,11H2,(H,18,19). The second-order valence-corrected chi connectivity index (χ2v) is 4.18. The summed E-state index contributed by atoms with van der Waals surface area (Å²) in [4.78, 5) is 23.3. The maximum absolute atomic E-state index is 11.7. The van der Waals surface area contributed by atoms with E-state index >= 15 is 0 Å². The van der Waals surface area contributed by atoms with Crippen LogP contribution in [0.3, 0.4) is 0 Å². The third-order valence-corrected chi connectivity index (χ3v) is 2.62. The molecular formula is C16H12N2O3. The lowest BCUT2D eigenvalue weighted by Gasteiger charge is -2.06. The lowest BCUT2D eigenvalue weighted by Crippen LogP contribution is -2.20. The van der Waals surface area contributed by atoms with E-state index in [2.05, 4.69) is 5.32 Å². The van der Waals surface area contributed by atoms with Crippen molar-refractivity contribution in [3.63, 3.8) is 0 Å². The molecule has 0 atom stereocenters. The number of ether oxygens (including phenoxy) is 1. The van der Waals surface area contributed by atoms with Crippen molar-refractivity contribution < 1.29 is 14.3 Å². The number of nitriles is 1. The molecule has 0 aliphatic heterocycles. The molecule has 0 saturated heterocycles. The maximum atomic E-state index is 11.7. The molecule has 2 aromatic rings. The molecule has 0 spiro atoms. The smallest absolute Gasteiger partial charge is 0.338 e. The van der Waals surface area contributed by atoms with Crippen LogP contribution in [-0.4, -0.2) is 18.5 Å². The van der Waals surface area contributed by atoms with E-state index in [9.17, 15) is 9.59 Å². The maximum Gasteiger partial charge on any atom is 0.338 e. The Morgan fingerprint density at radius 3 is 2.57 bits per heavy atom. The quantitative estimate of drug-likeness (QED) is 0.872. The van der Waals surface area contributed by atoms with Crippen molar-refractivity contribution in [1.82, 2.24) is 0 Å². The fourth-order valence-corrected chi connectivity index (χ4v) is 1.65. The minimum atomic E-state index is -0.559. The number of nitrogens with one attached hydrogen (secondary N) is 1. The van der Waals surface area contributed by atoms with Crippen LogP contribution in [0.2, 0.25) is 0 Å². The minimum absolute atomic E-state index is 0.384. The molecule has 0 fully saturated rings. The molecule has 1 amide bonds. The van der Waals surface area contributed by atoms with Crippen molar-refractivity contribution in [2.75, 3.05) is 11.9 Å². The topological polar surface area (TPSA) is 79.2 Å². The molecule has 0 aliphatic rings. The van der Waals surface area contributed by atoms with Gasteiger partial charge in [0.05, 0.1) is 17.2 Å². The zero-order chi connectivity index (χ0) is 15.1. The third-order valence-electron chi connectivity index (χ3n) is 2.62. The molecule has 0 radical (unpaired) electrons. The average Bonchev–Trinajstić information content (AvgIpc) is 2.53. The number of hydrogen-bond acceptors (Lipinski definition) is 4. The van der Waals surface area contributed by atoms with E-state index in [1.807, 2.05) is 6.07 Å². The first kappa shape index (κ1) is 14.3. The van der Waals surface area contributed by atoms with Gasteiger partial charge in [0.25, 0.3) is 5.91 Å². The number of amides is 1. The zero-order valence-electron chi connectivity index (χ0n) is 11.1. The number of carbonyl (C=O) groups excluding carboxylic acids is 2. The first-order chi connectivity index (χ1) is 10.2. The normalized spacial score (nSPS) is 9.48. The molecule has 5 nitrogen and oxygen atoms in total. The Morgan fingerprint density at radius 1 is 1.10 bits per heavy atom. The van der Waals surface area contributed by atoms with Crippen molar-refractivity contribution in [3.05, 3.63) is 65.7 Å². The van der Waals surface area contributed by atoms with Crippen LogP contribution >= 0.6 is 0 Å². The van der Waals surface area contributed by atoms with Gasteiger partial charge in [-0.2, -0.15) is 5.26 Å². The molecule has 0 aromatic heterocycles. The lowest BCUT2D eigenvalue weighted by molar-refractivity contribution is -0.119. The van der Waals surface area contributed by atoms with Crippen molar-refractivity contribution in [2.24, 2.45) is 0 Å². The molecule has 1 N–H and O–H groups in total. The fourth-order valence-electron chi connectivity index (χ4n) is 1.65. The Hall–Kier alpha value is -3.13. The number of nitrogens with zero attached hydrogens (tertiary/aromatic N) is 1. The fraction of sp³-hybridized carbons (Fsp3) is 0.0625. The van der Waals surface area contributed by atoms with Crippen LogP contribution in [0.4, 0.5) is 5.69 Å². The van der Waals surface area contributed by atoms with Crippen molar-refractivity contribution >= 4 is 17.6 Å². The lowest BCUT2D eigenvalue weighted by atomic mass is 10.2. The van der Waals surface area contributed by atoms with Gasteiger partial charge in [-0.15, -0.1) is 0 Å². The van der Waals surface area contributed by atoms with Crippen LogP contribution in [0.25, 0.3) is 0 Å². The first-order valence-electron chi connectivity index (χ1n) is 6.21. The number of esters is 1. The highest BCUT2D eigenvalue weighted by atomic mass is 16.5. The predicted molar refractivity (Wildman–Crippen MR) is 76.5 cm³/mol. The monoisotopic (exact) mass is 280 g/mol. The number of carbonyl (C=O) groups is 2. The van der Waals surface area contributed by atoms with E-state index in [-0.39, 0.29) is 6.61 Å². The predicted octanol–water partition coefficient (Wildman–Crippen LogP) is 2.35. The van der Waals surface area contributed by atoms with Crippen LogP contribution in [0, 0.1) is 11.3 Å². The molecule has 5 heteroatoms. The second-order valence-electron chi connectivity index (χ2n) is 4.18. The molecular weight excluding hydrogens is 268 g/mol. The van der Waals surface area contributed by atoms with E-state index in [1.54, 1.807) is 48.5 Å². The molecule has 104 valence electrons. The van der Waals surface area contributed by atoms with E-state index in [0.29, 0.717) is 16.8 Å². The number of anilines is 1. The Morgan fingerprint density at radius 2 is 1.86 bits per heavy atom. The summed E-state index contributed by atoms with van der Waals surface area (Å²) in [5.41, 5.74) is 1.31. The van der Waals surface area contributed by atoms with Gasteiger partial charge in [0.1, 0.15) is 0 Å². The summed E-state index contributed by atoms with van der Waals surface area (Å²) >= 11 is 0. The van der Waals surface area contributed by atoms with Gasteiger partial charge in [0, 0.05) is 5.69 Å². The summed E-state index contributed by atoms with van der Waals surface area (Å²) in [5.74, 6) is -1.02. The summed E-state index contributed by atoms with van der Waals surface area (Å²) in [6, 6.07) is 16.9. The molecule has 0 saturated carbocycles. The van der Waals surface area contributed by atoms with E-state index in [1.165, 1.54) is 6.07 Å². The number of rotatable bonds is 4. The third kappa shape index (κ3) is 4.18. The second kappa shape index (κ2) is 6.87. The number of hydrogen-bond donors (Lipinski definition) is 1. The Labute approximate surface area is 121 Å². The van der Waals surface area contributed by atoms with Gasteiger partial charge < -0.3 is 10.1 Å². The highest BCUT2D eigenvalue weighted by Gasteiger charge is 2.09. The SMILES string of the molecule is N#Cc1cccc(NC(=O)COC(=O)c2ccccc2)c1. The Kier molecular flexibility index (Phi) is 4.67. The van der Waals surface area contributed by atoms with Crippen molar-refractivity contribution in [1.29, 1.82) is 5.26 Å². The molecule has 0 bridgehead atoms. The zero-order valence-corrected chi connectivity index (χ0v) is 11.1. The van der Waals surface area contributed by atoms with Gasteiger partial charge in [0.2, 0.25) is 0 Å². The van der Waals surface area contributed by atoms with E-state index in [4.69, 9.17) is 10.00 Å². The van der Waals surface area contributed by atoms with Gasteiger partial charge in [-0.1, -0.05) is 24.3 Å². The molecule has 2 rings (SSSR count). The van der Waals surface area contributed by atoms with E-state index < -0.39 is 11.9 Å². The van der Waals surface area contributed by atoms with E-state index in [0.717, 1.165) is 0 Å². The highest BCUT2D eigenvalue weighted by molar-refractivity contribution is 5.95.